The molecule has 4 rings (SSSR count). The van der Waals surface area contributed by atoms with Gasteiger partial charge in [0.1, 0.15) is 6.33 Å². The lowest BCUT2D eigenvalue weighted by molar-refractivity contribution is -0.117. The van der Waals surface area contributed by atoms with E-state index in [1.807, 2.05) is 18.2 Å². The molecule has 1 aliphatic heterocycles. The Morgan fingerprint density at radius 2 is 2.10 bits per heavy atom. The number of H-pyrrole nitrogens is 1. The van der Waals surface area contributed by atoms with Gasteiger partial charge in [-0.05, 0) is 37.1 Å². The number of ether oxygens (including phenoxy) is 1. The second-order valence-corrected chi connectivity index (χ2v) is 7.82. The van der Waals surface area contributed by atoms with Crippen LogP contribution >= 0.6 is 0 Å². The van der Waals surface area contributed by atoms with Crippen molar-refractivity contribution in [1.29, 1.82) is 0 Å². The summed E-state index contributed by atoms with van der Waals surface area (Å²) in [5.41, 5.74) is 7.94. The number of benzene rings is 1. The molecule has 4 N–H and O–H groups in total. The highest BCUT2D eigenvalue weighted by atomic mass is 16.5. The molecule has 0 aliphatic carbocycles. The normalized spacial score (nSPS) is 14.8. The number of aromatic nitrogens is 3. The van der Waals surface area contributed by atoms with Crippen molar-refractivity contribution in [2.75, 3.05) is 44.7 Å². The second-order valence-electron chi connectivity index (χ2n) is 7.82. The minimum absolute atomic E-state index is 0.197. The van der Waals surface area contributed by atoms with Crippen LogP contribution < -0.4 is 15.4 Å². The maximum Gasteiger partial charge on any atom is 0.221 e. The summed E-state index contributed by atoms with van der Waals surface area (Å²) in [4.78, 5) is 27.3. The lowest BCUT2D eigenvalue weighted by Gasteiger charge is -2.35. The van der Waals surface area contributed by atoms with E-state index in [1.54, 1.807) is 19.6 Å². The molecule has 3 heterocycles. The Balaban J connectivity index is 1.33. The van der Waals surface area contributed by atoms with Gasteiger partial charge in [0, 0.05) is 42.6 Å². The predicted octanol–water partition coefficient (Wildman–Crippen LogP) is 1.45. The fraction of sp³-hybridized carbons (Fsp3) is 0.409. The van der Waals surface area contributed by atoms with Crippen LogP contribution in [0.2, 0.25) is 0 Å². The van der Waals surface area contributed by atoms with Crippen LogP contribution in [0.1, 0.15) is 17.5 Å². The topological polar surface area (TPSA) is 121 Å². The molecule has 1 fully saturated rings. The lowest BCUT2D eigenvalue weighted by atomic mass is 10.0. The zero-order valence-corrected chi connectivity index (χ0v) is 17.7. The number of nitrogens with one attached hydrogen (secondary N) is 1. The van der Waals surface area contributed by atoms with E-state index in [1.165, 1.54) is 0 Å². The first-order chi connectivity index (χ1) is 15.0. The van der Waals surface area contributed by atoms with E-state index in [4.69, 9.17) is 10.5 Å². The van der Waals surface area contributed by atoms with Crippen molar-refractivity contribution in [3.63, 3.8) is 0 Å². The molecule has 1 saturated heterocycles. The third-order valence-corrected chi connectivity index (χ3v) is 5.78. The first kappa shape index (κ1) is 20.9. The molecule has 9 heteroatoms. The fourth-order valence-corrected chi connectivity index (χ4v) is 4.20. The molecule has 0 bridgehead atoms. The average Bonchev–Trinajstić information content (AvgIpc) is 3.08. The average molecular weight is 425 g/mol. The second kappa shape index (κ2) is 9.22. The van der Waals surface area contributed by atoms with E-state index < -0.39 is 0 Å². The Hall–Kier alpha value is -3.33. The molecule has 1 amide bonds. The molecule has 164 valence electrons. The van der Waals surface area contributed by atoms with E-state index >= 15 is 0 Å². The Kier molecular flexibility index (Phi) is 6.22. The smallest absolute Gasteiger partial charge is 0.221 e. The molecule has 0 radical (unpaired) electrons. The van der Waals surface area contributed by atoms with Gasteiger partial charge >= 0.3 is 0 Å². The number of aryl methyl sites for hydroxylation is 1. The van der Waals surface area contributed by atoms with Gasteiger partial charge in [-0.2, -0.15) is 0 Å². The van der Waals surface area contributed by atoms with Crippen LogP contribution in [0.3, 0.4) is 0 Å². The number of piperazine rings is 1. The molecule has 0 atom stereocenters. The first-order valence-electron chi connectivity index (χ1n) is 10.5. The van der Waals surface area contributed by atoms with Crippen LogP contribution in [0, 0.1) is 0 Å². The zero-order valence-electron chi connectivity index (χ0n) is 17.7. The van der Waals surface area contributed by atoms with E-state index in [0.717, 1.165) is 73.4 Å². The summed E-state index contributed by atoms with van der Waals surface area (Å²) in [6.45, 7) is 4.58. The quantitative estimate of drug-likeness (QED) is 0.500. The third kappa shape index (κ3) is 4.72. The highest BCUT2D eigenvalue weighted by Crippen LogP contribution is 2.30. The number of methoxy groups -OCH3 is 1. The van der Waals surface area contributed by atoms with Gasteiger partial charge in [-0.1, -0.05) is 6.07 Å². The van der Waals surface area contributed by atoms with Crippen LogP contribution in [0.5, 0.6) is 11.6 Å². The molecular weight excluding hydrogens is 396 g/mol. The summed E-state index contributed by atoms with van der Waals surface area (Å²) in [6.07, 6.45) is 5.12. The van der Waals surface area contributed by atoms with Gasteiger partial charge in [-0.3, -0.25) is 9.69 Å². The van der Waals surface area contributed by atoms with Gasteiger partial charge < -0.3 is 25.5 Å². The number of carbonyl (C=O) groups is 1. The molecule has 3 aromatic rings. The van der Waals surface area contributed by atoms with E-state index in [-0.39, 0.29) is 18.2 Å². The van der Waals surface area contributed by atoms with Crippen LogP contribution in [0.25, 0.3) is 10.9 Å². The number of nitrogens with zero attached hydrogens (tertiary/aromatic N) is 4. The molecule has 9 nitrogen and oxygen atoms in total. The van der Waals surface area contributed by atoms with E-state index in [2.05, 4.69) is 24.8 Å². The predicted molar refractivity (Wildman–Crippen MR) is 118 cm³/mol. The fourth-order valence-electron chi connectivity index (χ4n) is 4.20. The molecule has 1 aromatic carbocycles. The van der Waals surface area contributed by atoms with Crippen molar-refractivity contribution >= 4 is 22.6 Å². The summed E-state index contributed by atoms with van der Waals surface area (Å²) in [7, 11) is 1.63. The number of carbonyl (C=O) groups excluding carboxylic acids is 1. The van der Waals surface area contributed by atoms with Crippen molar-refractivity contribution in [1.82, 2.24) is 19.9 Å². The SMILES string of the molecule is COc1cncnc1N1CCN(CCCc2c(O)[nH]c3ccc(CC(N)=O)cc23)CC1. The standard InChI is InChI=1S/C22H28N6O3/c1-31-19-13-24-14-25-21(19)28-9-7-27(8-10-28)6-2-3-16-17-11-15(12-20(23)29)4-5-18(17)26-22(16)30/h4-5,11,13-14,26,30H,2-3,6-10,12H2,1H3,(H2,23,29). The van der Waals surface area contributed by atoms with E-state index in [0.29, 0.717) is 5.75 Å². The van der Waals surface area contributed by atoms with Crippen LogP contribution in [-0.4, -0.2) is 70.7 Å². The minimum Gasteiger partial charge on any atom is -0.494 e. The van der Waals surface area contributed by atoms with Crippen LogP contribution in [0.4, 0.5) is 5.82 Å². The van der Waals surface area contributed by atoms with Gasteiger partial charge in [0.15, 0.2) is 17.4 Å². The molecule has 2 aromatic heterocycles. The van der Waals surface area contributed by atoms with Crippen molar-refractivity contribution in [2.24, 2.45) is 5.73 Å². The number of fused-ring (bicyclic) bond motifs is 1. The van der Waals surface area contributed by atoms with Crippen molar-refractivity contribution in [3.8, 4) is 11.6 Å². The molecule has 0 spiro atoms. The van der Waals surface area contributed by atoms with Crippen molar-refractivity contribution in [2.45, 2.75) is 19.3 Å². The molecule has 31 heavy (non-hydrogen) atoms. The highest BCUT2D eigenvalue weighted by molar-refractivity contribution is 5.87. The number of anilines is 1. The number of hydrogen-bond donors (Lipinski definition) is 3. The first-order valence-corrected chi connectivity index (χ1v) is 10.5. The number of aromatic amines is 1. The molecule has 0 unspecified atom stereocenters. The number of hydrogen-bond acceptors (Lipinski definition) is 7. The van der Waals surface area contributed by atoms with Gasteiger partial charge in [0.05, 0.1) is 19.7 Å². The number of primary amides is 1. The summed E-state index contributed by atoms with van der Waals surface area (Å²) >= 11 is 0. The number of amides is 1. The van der Waals surface area contributed by atoms with Crippen molar-refractivity contribution in [3.05, 3.63) is 41.9 Å². The monoisotopic (exact) mass is 424 g/mol. The molecule has 0 saturated carbocycles. The summed E-state index contributed by atoms with van der Waals surface area (Å²) < 4.78 is 5.37. The summed E-state index contributed by atoms with van der Waals surface area (Å²) in [6, 6.07) is 5.69. The number of rotatable bonds is 8. The Labute approximate surface area is 180 Å². The summed E-state index contributed by atoms with van der Waals surface area (Å²) in [5.74, 6) is 1.38. The van der Waals surface area contributed by atoms with Crippen LogP contribution in [0.15, 0.2) is 30.7 Å². The van der Waals surface area contributed by atoms with E-state index in [9.17, 15) is 9.90 Å². The summed E-state index contributed by atoms with van der Waals surface area (Å²) in [5, 5.41) is 11.3. The minimum atomic E-state index is -0.362. The lowest BCUT2D eigenvalue weighted by Crippen LogP contribution is -2.47. The Morgan fingerprint density at radius 1 is 1.29 bits per heavy atom. The Bertz CT molecular complexity index is 1060. The van der Waals surface area contributed by atoms with Gasteiger partial charge in [-0.25, -0.2) is 9.97 Å². The Morgan fingerprint density at radius 3 is 2.84 bits per heavy atom. The van der Waals surface area contributed by atoms with Gasteiger partial charge in [0.2, 0.25) is 5.91 Å². The zero-order chi connectivity index (χ0) is 21.8. The van der Waals surface area contributed by atoms with Crippen LogP contribution in [-0.2, 0) is 17.6 Å². The molecular formula is C22H28N6O3. The van der Waals surface area contributed by atoms with Crippen molar-refractivity contribution < 1.29 is 14.6 Å². The molecule has 1 aliphatic rings. The highest BCUT2D eigenvalue weighted by Gasteiger charge is 2.21. The van der Waals surface area contributed by atoms with Gasteiger partial charge in [-0.15, -0.1) is 0 Å². The third-order valence-electron chi connectivity index (χ3n) is 5.78. The maximum atomic E-state index is 11.2. The van der Waals surface area contributed by atoms with Gasteiger partial charge in [0.25, 0.3) is 0 Å². The number of nitrogens with two attached hydrogens (primary N) is 1. The largest absolute Gasteiger partial charge is 0.494 e. The number of aromatic hydroxyl groups is 1. The maximum absolute atomic E-state index is 11.2.